The molecule has 2 aromatic carbocycles. The van der Waals surface area contributed by atoms with Crippen molar-refractivity contribution in [3.63, 3.8) is 0 Å². The van der Waals surface area contributed by atoms with Gasteiger partial charge in [-0.05, 0) is 45.1 Å². The molecular formula is C26H35N3O3. The molecule has 2 aromatic rings. The molecule has 3 rings (SSSR count). The van der Waals surface area contributed by atoms with Gasteiger partial charge in [0.2, 0.25) is 11.8 Å². The summed E-state index contributed by atoms with van der Waals surface area (Å²) < 4.78 is 5.70. The van der Waals surface area contributed by atoms with E-state index >= 15 is 0 Å². The van der Waals surface area contributed by atoms with E-state index in [2.05, 4.69) is 22.3 Å². The lowest BCUT2D eigenvalue weighted by molar-refractivity contribution is -0.137. The van der Waals surface area contributed by atoms with Crippen LogP contribution in [0.15, 0.2) is 60.7 Å². The highest BCUT2D eigenvalue weighted by Crippen LogP contribution is 2.33. The van der Waals surface area contributed by atoms with Gasteiger partial charge in [0.1, 0.15) is 5.75 Å². The summed E-state index contributed by atoms with van der Waals surface area (Å²) in [5.74, 6) is 0.751. The number of carbonyl (C=O) groups excluding carboxylic acids is 2. The third kappa shape index (κ3) is 6.82. The smallest absolute Gasteiger partial charge is 0.226 e. The number of likely N-dealkylation sites (N-methyl/N-ethyl adjacent to an activating group) is 1. The summed E-state index contributed by atoms with van der Waals surface area (Å²) in [6.07, 6.45) is 0.985. The van der Waals surface area contributed by atoms with Gasteiger partial charge in [-0.15, -0.1) is 0 Å². The molecule has 6 nitrogen and oxygen atoms in total. The van der Waals surface area contributed by atoms with Crippen LogP contribution in [0.5, 0.6) is 5.75 Å². The summed E-state index contributed by atoms with van der Waals surface area (Å²) in [4.78, 5) is 30.0. The fourth-order valence-electron chi connectivity index (χ4n) is 4.40. The molecule has 0 aromatic heterocycles. The normalized spacial score (nSPS) is 19.4. The van der Waals surface area contributed by atoms with Gasteiger partial charge in [0.05, 0.1) is 13.0 Å². The van der Waals surface area contributed by atoms with Crippen LogP contribution in [0.3, 0.4) is 0 Å². The predicted octanol–water partition coefficient (Wildman–Crippen LogP) is 3.15. The zero-order chi connectivity index (χ0) is 22.9. The number of piperidine rings is 1. The molecule has 3 atom stereocenters. The number of hydrogen-bond donors (Lipinski definition) is 1. The van der Waals surface area contributed by atoms with Crippen molar-refractivity contribution in [1.29, 1.82) is 0 Å². The topological polar surface area (TPSA) is 61.9 Å². The van der Waals surface area contributed by atoms with Crippen molar-refractivity contribution >= 4 is 11.8 Å². The number of para-hydroxylation sites is 1. The van der Waals surface area contributed by atoms with Crippen LogP contribution in [0.1, 0.15) is 31.2 Å². The molecule has 1 aliphatic heterocycles. The van der Waals surface area contributed by atoms with Gasteiger partial charge in [-0.1, -0.05) is 48.5 Å². The van der Waals surface area contributed by atoms with Crippen molar-refractivity contribution < 1.29 is 14.3 Å². The van der Waals surface area contributed by atoms with Gasteiger partial charge in [0, 0.05) is 37.5 Å². The van der Waals surface area contributed by atoms with E-state index in [0.29, 0.717) is 32.5 Å². The van der Waals surface area contributed by atoms with Gasteiger partial charge in [0.25, 0.3) is 0 Å². The molecule has 1 N–H and O–H groups in total. The largest absolute Gasteiger partial charge is 0.493 e. The molecule has 2 amide bonds. The highest BCUT2D eigenvalue weighted by Gasteiger charge is 2.36. The first-order valence-electron chi connectivity index (χ1n) is 11.4. The van der Waals surface area contributed by atoms with Crippen LogP contribution in [0, 0.1) is 5.92 Å². The van der Waals surface area contributed by atoms with E-state index in [-0.39, 0.29) is 29.7 Å². The zero-order valence-corrected chi connectivity index (χ0v) is 19.4. The molecule has 1 fully saturated rings. The Labute approximate surface area is 191 Å². The molecule has 0 spiro atoms. The number of benzene rings is 2. The number of likely N-dealkylation sites (tertiary alicyclic amines) is 1. The van der Waals surface area contributed by atoms with Crippen molar-refractivity contribution in [1.82, 2.24) is 15.1 Å². The number of amides is 2. The molecule has 1 heterocycles. The predicted molar refractivity (Wildman–Crippen MR) is 127 cm³/mol. The van der Waals surface area contributed by atoms with Crippen molar-refractivity contribution in [2.24, 2.45) is 5.92 Å². The molecule has 32 heavy (non-hydrogen) atoms. The van der Waals surface area contributed by atoms with Crippen LogP contribution in [-0.4, -0.2) is 68.0 Å². The van der Waals surface area contributed by atoms with Crippen molar-refractivity contribution in [3.05, 3.63) is 66.2 Å². The van der Waals surface area contributed by atoms with Crippen molar-refractivity contribution in [2.75, 3.05) is 40.3 Å². The Balaban J connectivity index is 1.62. The number of nitrogens with one attached hydrogen (secondary N) is 1. The van der Waals surface area contributed by atoms with Crippen molar-refractivity contribution in [3.8, 4) is 5.75 Å². The first kappa shape index (κ1) is 23.8. The summed E-state index contributed by atoms with van der Waals surface area (Å²) in [6.45, 7) is 4.31. The van der Waals surface area contributed by atoms with E-state index in [4.69, 9.17) is 4.74 Å². The second kappa shape index (κ2) is 11.7. The van der Waals surface area contributed by atoms with E-state index in [1.54, 1.807) is 0 Å². The fraction of sp³-hybridized carbons (Fsp3) is 0.462. The summed E-state index contributed by atoms with van der Waals surface area (Å²) in [5.41, 5.74) is 1.10. The van der Waals surface area contributed by atoms with E-state index < -0.39 is 0 Å². The van der Waals surface area contributed by atoms with Crippen LogP contribution in [0.4, 0.5) is 0 Å². The third-order valence-electron chi connectivity index (χ3n) is 5.89. The molecule has 0 bridgehead atoms. The summed E-state index contributed by atoms with van der Waals surface area (Å²) in [7, 11) is 4.00. The standard InChI is InChI=1S/C26H35N3O3/c1-20(18-28(2)3)27-26(31)23-14-16-29(19-24(23)21-10-6-4-7-11-21)25(30)15-17-32-22-12-8-5-9-13-22/h4-13,20,23-24H,14-19H2,1-3H3,(H,27,31)/t20?,23-,24-/m0/s1. The van der Waals surface area contributed by atoms with Gasteiger partial charge < -0.3 is 19.9 Å². The van der Waals surface area contributed by atoms with Crippen LogP contribution in [0.25, 0.3) is 0 Å². The highest BCUT2D eigenvalue weighted by molar-refractivity contribution is 5.81. The monoisotopic (exact) mass is 437 g/mol. The maximum absolute atomic E-state index is 13.1. The second-order valence-corrected chi connectivity index (χ2v) is 8.84. The van der Waals surface area contributed by atoms with Gasteiger partial charge in [-0.2, -0.15) is 0 Å². The summed E-state index contributed by atoms with van der Waals surface area (Å²) in [5, 5.41) is 3.17. The second-order valence-electron chi connectivity index (χ2n) is 8.84. The number of ether oxygens (including phenoxy) is 1. The van der Waals surface area contributed by atoms with Crippen LogP contribution in [-0.2, 0) is 9.59 Å². The maximum Gasteiger partial charge on any atom is 0.226 e. The lowest BCUT2D eigenvalue weighted by Crippen LogP contribution is -2.50. The summed E-state index contributed by atoms with van der Waals surface area (Å²) >= 11 is 0. The molecule has 0 saturated carbocycles. The van der Waals surface area contributed by atoms with E-state index in [1.807, 2.05) is 74.4 Å². The number of carbonyl (C=O) groups is 2. The van der Waals surface area contributed by atoms with E-state index in [0.717, 1.165) is 17.9 Å². The zero-order valence-electron chi connectivity index (χ0n) is 19.4. The Kier molecular flexibility index (Phi) is 8.68. The first-order valence-corrected chi connectivity index (χ1v) is 11.4. The molecular weight excluding hydrogens is 402 g/mol. The Morgan fingerprint density at radius 1 is 1.09 bits per heavy atom. The fourth-order valence-corrected chi connectivity index (χ4v) is 4.40. The molecule has 172 valence electrons. The number of nitrogens with zero attached hydrogens (tertiary/aromatic N) is 2. The number of hydrogen-bond acceptors (Lipinski definition) is 4. The molecule has 1 unspecified atom stereocenters. The minimum Gasteiger partial charge on any atom is -0.493 e. The van der Waals surface area contributed by atoms with Crippen molar-refractivity contribution in [2.45, 2.75) is 31.7 Å². The van der Waals surface area contributed by atoms with Gasteiger partial charge in [-0.25, -0.2) is 0 Å². The quantitative estimate of drug-likeness (QED) is 0.655. The lowest BCUT2D eigenvalue weighted by Gasteiger charge is -2.38. The Morgan fingerprint density at radius 3 is 2.41 bits per heavy atom. The first-order chi connectivity index (χ1) is 15.4. The maximum atomic E-state index is 13.1. The van der Waals surface area contributed by atoms with Crippen LogP contribution < -0.4 is 10.1 Å². The Morgan fingerprint density at radius 2 is 1.75 bits per heavy atom. The van der Waals surface area contributed by atoms with Crippen LogP contribution in [0.2, 0.25) is 0 Å². The lowest BCUT2D eigenvalue weighted by atomic mass is 9.80. The van der Waals surface area contributed by atoms with Gasteiger partial charge in [-0.3, -0.25) is 9.59 Å². The Bertz CT molecular complexity index is 857. The average Bonchev–Trinajstić information content (AvgIpc) is 2.79. The van der Waals surface area contributed by atoms with Crippen LogP contribution >= 0.6 is 0 Å². The third-order valence-corrected chi connectivity index (χ3v) is 5.89. The number of rotatable bonds is 9. The average molecular weight is 438 g/mol. The SMILES string of the molecule is CC(CN(C)C)NC(=O)[C@H]1CCN(C(=O)CCOc2ccccc2)C[C@H]1c1ccccc1. The highest BCUT2D eigenvalue weighted by atomic mass is 16.5. The minimum absolute atomic E-state index is 0.0181. The van der Waals surface area contributed by atoms with E-state index in [1.165, 1.54) is 0 Å². The molecule has 1 aliphatic rings. The molecule has 0 aliphatic carbocycles. The molecule has 1 saturated heterocycles. The van der Waals surface area contributed by atoms with Gasteiger partial charge >= 0.3 is 0 Å². The molecule has 0 radical (unpaired) electrons. The minimum atomic E-state index is -0.147. The van der Waals surface area contributed by atoms with E-state index in [9.17, 15) is 9.59 Å². The molecule has 6 heteroatoms. The Hall–Kier alpha value is -2.86. The summed E-state index contributed by atoms with van der Waals surface area (Å²) in [6, 6.07) is 19.7. The van der Waals surface area contributed by atoms with Gasteiger partial charge in [0.15, 0.2) is 0 Å².